The van der Waals surface area contributed by atoms with Gasteiger partial charge in [-0.25, -0.2) is 0 Å². The van der Waals surface area contributed by atoms with E-state index in [0.717, 1.165) is 0 Å². The van der Waals surface area contributed by atoms with Gasteiger partial charge in [0.2, 0.25) is 5.91 Å². The molecule has 20 heavy (non-hydrogen) atoms. The van der Waals surface area contributed by atoms with Crippen LogP contribution < -0.4 is 5.32 Å². The van der Waals surface area contributed by atoms with Crippen LogP contribution in [0.1, 0.15) is 6.42 Å². The molecule has 2 aliphatic heterocycles. The number of aliphatic hydroxyl groups excluding tert-OH is 1. The molecule has 9 heteroatoms. The Balaban J connectivity index is 1.90. The van der Waals surface area contributed by atoms with Gasteiger partial charge in [0.15, 0.2) is 0 Å². The summed E-state index contributed by atoms with van der Waals surface area (Å²) in [5, 5.41) is 12.4. The lowest BCUT2D eigenvalue weighted by Crippen LogP contribution is -2.55. The lowest BCUT2D eigenvalue weighted by molar-refractivity contribution is -0.134. The van der Waals surface area contributed by atoms with E-state index in [1.165, 1.54) is 22.7 Å². The van der Waals surface area contributed by atoms with Crippen molar-refractivity contribution in [3.8, 4) is 0 Å². The van der Waals surface area contributed by atoms with Crippen molar-refractivity contribution in [2.75, 3.05) is 46.8 Å². The van der Waals surface area contributed by atoms with Gasteiger partial charge >= 0.3 is 0 Å². The second kappa shape index (κ2) is 5.94. The lowest BCUT2D eigenvalue weighted by Gasteiger charge is -2.36. The quantitative estimate of drug-likeness (QED) is 0.609. The van der Waals surface area contributed by atoms with Crippen molar-refractivity contribution in [1.29, 1.82) is 0 Å². The number of β-amino-alcohol motifs (C(OH)–C–C–N with tert-alkyl or cyclic N) is 1. The van der Waals surface area contributed by atoms with Crippen molar-refractivity contribution in [2.24, 2.45) is 0 Å². The summed E-state index contributed by atoms with van der Waals surface area (Å²) in [5.41, 5.74) is 0. The number of nitrogens with zero attached hydrogens (tertiary/aromatic N) is 3. The number of rotatable bonds is 3. The summed E-state index contributed by atoms with van der Waals surface area (Å²) in [6, 6.07) is -0.345. The third kappa shape index (κ3) is 3.12. The smallest absolute Gasteiger partial charge is 0.281 e. The summed E-state index contributed by atoms with van der Waals surface area (Å²) in [6.07, 6.45) is -0.0472. The topological polar surface area (TPSA) is 93.2 Å². The number of nitrogens with one attached hydrogen (secondary N) is 1. The first-order valence-electron chi connectivity index (χ1n) is 6.70. The average molecular weight is 306 g/mol. The highest BCUT2D eigenvalue weighted by molar-refractivity contribution is 7.86. The molecule has 2 atom stereocenters. The van der Waals surface area contributed by atoms with Crippen molar-refractivity contribution >= 4 is 16.1 Å². The molecule has 0 aliphatic carbocycles. The first kappa shape index (κ1) is 15.6. The van der Waals surface area contributed by atoms with Gasteiger partial charge in [-0.15, -0.1) is 0 Å². The molecule has 116 valence electrons. The van der Waals surface area contributed by atoms with Gasteiger partial charge in [-0.3, -0.25) is 4.79 Å². The average Bonchev–Trinajstić information content (AvgIpc) is 2.84. The maximum Gasteiger partial charge on any atom is 0.281 e. The van der Waals surface area contributed by atoms with Crippen LogP contribution in [0.4, 0.5) is 0 Å². The van der Waals surface area contributed by atoms with E-state index in [9.17, 15) is 18.3 Å². The number of amides is 1. The first-order valence-corrected chi connectivity index (χ1v) is 8.10. The number of carbonyl (C=O) groups excluding carboxylic acids is 1. The molecular weight excluding hydrogens is 284 g/mol. The maximum absolute atomic E-state index is 12.2. The molecule has 0 aromatic carbocycles. The minimum atomic E-state index is -3.40. The molecule has 2 fully saturated rings. The SMILES string of the molecule is CN(C)S(=O)(=O)N1CCN(C(=O)C2CC(O)CN2)CC1. The largest absolute Gasteiger partial charge is 0.392 e. The second-order valence-corrected chi connectivity index (χ2v) is 7.51. The van der Waals surface area contributed by atoms with Gasteiger partial charge in [-0.05, 0) is 6.42 Å². The molecule has 8 nitrogen and oxygen atoms in total. The fourth-order valence-electron chi connectivity index (χ4n) is 2.50. The Morgan fingerprint density at radius 2 is 1.85 bits per heavy atom. The zero-order chi connectivity index (χ0) is 14.9. The van der Waals surface area contributed by atoms with Crippen LogP contribution in [-0.4, -0.2) is 91.9 Å². The summed E-state index contributed by atoms with van der Waals surface area (Å²) in [6.45, 7) is 1.83. The van der Waals surface area contributed by atoms with Crippen LogP contribution in [0.25, 0.3) is 0 Å². The Morgan fingerprint density at radius 1 is 1.25 bits per heavy atom. The van der Waals surface area contributed by atoms with Crippen LogP contribution in [0.15, 0.2) is 0 Å². The molecule has 0 aromatic rings. The lowest BCUT2D eigenvalue weighted by atomic mass is 10.1. The minimum Gasteiger partial charge on any atom is -0.392 e. The number of carbonyl (C=O) groups is 1. The fraction of sp³-hybridized carbons (Fsp3) is 0.909. The maximum atomic E-state index is 12.2. The van der Waals surface area contributed by atoms with Crippen molar-refractivity contribution in [3.05, 3.63) is 0 Å². The van der Waals surface area contributed by atoms with Crippen LogP contribution >= 0.6 is 0 Å². The van der Waals surface area contributed by atoms with E-state index in [2.05, 4.69) is 5.32 Å². The molecule has 0 bridgehead atoms. The third-order valence-corrected chi connectivity index (χ3v) is 5.68. The Kier molecular flexibility index (Phi) is 4.65. The van der Waals surface area contributed by atoms with E-state index in [0.29, 0.717) is 39.1 Å². The van der Waals surface area contributed by atoms with E-state index in [4.69, 9.17) is 0 Å². The Labute approximate surface area is 119 Å². The third-order valence-electron chi connectivity index (χ3n) is 3.74. The molecule has 0 saturated carbocycles. The van der Waals surface area contributed by atoms with E-state index in [-0.39, 0.29) is 11.9 Å². The van der Waals surface area contributed by atoms with Crippen LogP contribution in [0, 0.1) is 0 Å². The van der Waals surface area contributed by atoms with Crippen molar-refractivity contribution < 1.29 is 18.3 Å². The fourth-order valence-corrected chi connectivity index (χ4v) is 3.58. The van der Waals surface area contributed by atoms with Crippen LogP contribution in [0.2, 0.25) is 0 Å². The molecule has 0 spiro atoms. The molecule has 2 aliphatic rings. The Hall–Kier alpha value is -0.740. The molecule has 0 radical (unpaired) electrons. The summed E-state index contributed by atoms with van der Waals surface area (Å²) < 4.78 is 26.5. The van der Waals surface area contributed by atoms with E-state index < -0.39 is 16.3 Å². The Morgan fingerprint density at radius 3 is 2.30 bits per heavy atom. The van der Waals surface area contributed by atoms with Gasteiger partial charge in [0.1, 0.15) is 0 Å². The van der Waals surface area contributed by atoms with Crippen LogP contribution in [-0.2, 0) is 15.0 Å². The summed E-state index contributed by atoms with van der Waals surface area (Å²) in [5.74, 6) is -0.0524. The van der Waals surface area contributed by atoms with Gasteiger partial charge in [0.05, 0.1) is 12.1 Å². The normalized spacial score (nSPS) is 29.1. The highest BCUT2D eigenvalue weighted by Gasteiger charge is 2.35. The molecule has 2 rings (SSSR count). The predicted molar refractivity (Wildman–Crippen MR) is 73.2 cm³/mol. The number of piperazine rings is 1. The number of hydrogen-bond donors (Lipinski definition) is 2. The van der Waals surface area contributed by atoms with Gasteiger partial charge in [-0.2, -0.15) is 17.0 Å². The highest BCUT2D eigenvalue weighted by Crippen LogP contribution is 2.14. The van der Waals surface area contributed by atoms with Crippen molar-refractivity contribution in [1.82, 2.24) is 18.8 Å². The van der Waals surface area contributed by atoms with E-state index in [1.807, 2.05) is 0 Å². The number of aliphatic hydroxyl groups is 1. The van der Waals surface area contributed by atoms with Gasteiger partial charge in [0, 0.05) is 46.8 Å². The highest BCUT2D eigenvalue weighted by atomic mass is 32.2. The van der Waals surface area contributed by atoms with Crippen LogP contribution in [0.5, 0.6) is 0 Å². The molecule has 0 aromatic heterocycles. The van der Waals surface area contributed by atoms with E-state index in [1.54, 1.807) is 4.90 Å². The molecule has 2 saturated heterocycles. The second-order valence-electron chi connectivity index (χ2n) is 5.36. The monoisotopic (exact) mass is 306 g/mol. The van der Waals surface area contributed by atoms with Crippen molar-refractivity contribution in [2.45, 2.75) is 18.6 Å². The van der Waals surface area contributed by atoms with E-state index >= 15 is 0 Å². The standard InChI is InChI=1S/C11H22N4O4S/c1-13(2)20(18,19)15-5-3-14(4-6-15)11(17)10-7-9(16)8-12-10/h9-10,12,16H,3-8H2,1-2H3. The predicted octanol–water partition coefficient (Wildman–Crippen LogP) is -2.34. The molecular formula is C11H22N4O4S. The first-order chi connectivity index (χ1) is 9.32. The van der Waals surface area contributed by atoms with Gasteiger partial charge < -0.3 is 15.3 Å². The molecule has 2 unspecified atom stereocenters. The Bertz CT molecular complexity index is 459. The van der Waals surface area contributed by atoms with Crippen LogP contribution in [0.3, 0.4) is 0 Å². The van der Waals surface area contributed by atoms with Gasteiger partial charge in [-0.1, -0.05) is 0 Å². The summed E-state index contributed by atoms with van der Waals surface area (Å²) in [4.78, 5) is 13.9. The number of hydrogen-bond acceptors (Lipinski definition) is 5. The molecule has 1 amide bonds. The molecule has 2 heterocycles. The summed E-state index contributed by atoms with van der Waals surface area (Å²) in [7, 11) is -0.410. The summed E-state index contributed by atoms with van der Waals surface area (Å²) >= 11 is 0. The zero-order valence-corrected chi connectivity index (χ0v) is 12.6. The van der Waals surface area contributed by atoms with Crippen molar-refractivity contribution in [3.63, 3.8) is 0 Å². The minimum absolute atomic E-state index is 0.0524. The molecule has 2 N–H and O–H groups in total. The zero-order valence-electron chi connectivity index (χ0n) is 11.8. The van der Waals surface area contributed by atoms with Gasteiger partial charge in [0.25, 0.3) is 10.2 Å².